The lowest BCUT2D eigenvalue weighted by Crippen LogP contribution is -2.14. The van der Waals surface area contributed by atoms with E-state index in [0.717, 1.165) is 17.8 Å². The first-order valence-electron chi connectivity index (χ1n) is 6.74. The van der Waals surface area contributed by atoms with Crippen LogP contribution >= 0.6 is 0 Å². The average molecular weight is 316 g/mol. The molecule has 0 aliphatic heterocycles. The minimum absolute atomic E-state index is 0.269. The first kappa shape index (κ1) is 14.9. The summed E-state index contributed by atoms with van der Waals surface area (Å²) in [5.74, 6) is -4.97. The molecule has 0 fully saturated rings. The molecular formula is C17H11F3N2O. The van der Waals surface area contributed by atoms with Crippen molar-refractivity contribution >= 4 is 11.6 Å². The van der Waals surface area contributed by atoms with Crippen molar-refractivity contribution in [3.8, 4) is 5.69 Å². The van der Waals surface area contributed by atoms with E-state index in [2.05, 4.69) is 5.32 Å². The van der Waals surface area contributed by atoms with Gasteiger partial charge >= 0.3 is 0 Å². The molecule has 0 saturated carbocycles. The van der Waals surface area contributed by atoms with E-state index in [0.29, 0.717) is 0 Å². The number of amides is 1. The summed E-state index contributed by atoms with van der Waals surface area (Å²) in [6.45, 7) is 0. The summed E-state index contributed by atoms with van der Waals surface area (Å²) < 4.78 is 41.4. The quantitative estimate of drug-likeness (QED) is 0.724. The predicted octanol–water partition coefficient (Wildman–Crippen LogP) is 4.15. The van der Waals surface area contributed by atoms with Crippen LogP contribution in [0.15, 0.2) is 60.9 Å². The molecule has 0 spiro atoms. The lowest BCUT2D eigenvalue weighted by Gasteiger charge is -2.08. The molecule has 3 nitrogen and oxygen atoms in total. The molecule has 1 N–H and O–H groups in total. The van der Waals surface area contributed by atoms with E-state index in [9.17, 15) is 18.0 Å². The Balaban J connectivity index is 1.80. The van der Waals surface area contributed by atoms with Gasteiger partial charge in [0.15, 0.2) is 17.5 Å². The van der Waals surface area contributed by atoms with Crippen LogP contribution in [0.2, 0.25) is 0 Å². The van der Waals surface area contributed by atoms with Crippen molar-refractivity contribution in [1.82, 2.24) is 4.57 Å². The van der Waals surface area contributed by atoms with E-state index in [1.54, 1.807) is 24.3 Å². The molecule has 0 bridgehead atoms. The Bertz CT molecular complexity index is 843. The van der Waals surface area contributed by atoms with Gasteiger partial charge in [-0.2, -0.15) is 0 Å². The van der Waals surface area contributed by atoms with Crippen LogP contribution in [-0.2, 0) is 0 Å². The summed E-state index contributed by atoms with van der Waals surface area (Å²) in [7, 11) is 0. The third-order valence-electron chi connectivity index (χ3n) is 3.32. The Morgan fingerprint density at radius 2 is 1.52 bits per heavy atom. The average Bonchev–Trinajstić information content (AvgIpc) is 3.10. The van der Waals surface area contributed by atoms with Crippen molar-refractivity contribution in [2.24, 2.45) is 0 Å². The second-order valence-corrected chi connectivity index (χ2v) is 4.81. The van der Waals surface area contributed by atoms with E-state index in [-0.39, 0.29) is 5.56 Å². The second kappa shape index (κ2) is 6.00. The molecule has 0 saturated heterocycles. The molecule has 3 rings (SSSR count). The molecule has 0 radical (unpaired) electrons. The van der Waals surface area contributed by atoms with Gasteiger partial charge in [-0.25, -0.2) is 13.2 Å². The highest BCUT2D eigenvalue weighted by atomic mass is 19.2. The fraction of sp³-hybridized carbons (Fsp3) is 0. The maximum atomic E-state index is 13.6. The molecule has 116 valence electrons. The number of carbonyl (C=O) groups is 1. The molecule has 0 unspecified atom stereocenters. The molecule has 1 amide bonds. The van der Waals surface area contributed by atoms with Gasteiger partial charge in [0.2, 0.25) is 0 Å². The first-order chi connectivity index (χ1) is 11.1. The number of hydrogen-bond donors (Lipinski definition) is 1. The smallest absolute Gasteiger partial charge is 0.255 e. The number of halogens is 3. The van der Waals surface area contributed by atoms with Crippen molar-refractivity contribution in [3.05, 3.63) is 83.9 Å². The van der Waals surface area contributed by atoms with Crippen LogP contribution in [0.3, 0.4) is 0 Å². The normalized spacial score (nSPS) is 10.6. The fourth-order valence-electron chi connectivity index (χ4n) is 2.11. The highest BCUT2D eigenvalue weighted by molar-refractivity contribution is 6.04. The van der Waals surface area contributed by atoms with Gasteiger partial charge in [-0.1, -0.05) is 0 Å². The van der Waals surface area contributed by atoms with Crippen LogP contribution in [0, 0.1) is 17.5 Å². The van der Waals surface area contributed by atoms with Crippen molar-refractivity contribution in [3.63, 3.8) is 0 Å². The van der Waals surface area contributed by atoms with Crippen LogP contribution in [0.25, 0.3) is 5.69 Å². The zero-order valence-corrected chi connectivity index (χ0v) is 11.8. The highest BCUT2D eigenvalue weighted by Gasteiger charge is 2.16. The largest absolute Gasteiger partial charge is 0.324 e. The SMILES string of the molecule is O=C(Nc1ccc(F)c(F)c1F)c1ccc(-n2cccc2)cc1. The Morgan fingerprint density at radius 3 is 2.17 bits per heavy atom. The van der Waals surface area contributed by atoms with Gasteiger partial charge in [-0.15, -0.1) is 0 Å². The number of hydrogen-bond acceptors (Lipinski definition) is 1. The minimum Gasteiger partial charge on any atom is -0.324 e. The van der Waals surface area contributed by atoms with Crippen LogP contribution in [-0.4, -0.2) is 10.5 Å². The molecule has 0 atom stereocenters. The molecule has 0 aliphatic rings. The van der Waals surface area contributed by atoms with Crippen molar-refractivity contribution < 1.29 is 18.0 Å². The summed E-state index contributed by atoms with van der Waals surface area (Å²) in [4.78, 5) is 12.1. The Morgan fingerprint density at radius 1 is 0.870 bits per heavy atom. The Hall–Kier alpha value is -3.02. The minimum atomic E-state index is -1.62. The number of aromatic nitrogens is 1. The molecule has 3 aromatic rings. The van der Waals surface area contributed by atoms with Crippen LogP contribution < -0.4 is 5.32 Å². The summed E-state index contributed by atoms with van der Waals surface area (Å²) in [5.41, 5.74) is 0.707. The van der Waals surface area contributed by atoms with E-state index >= 15 is 0 Å². The standard InChI is InChI=1S/C17H11F3N2O/c18-13-7-8-14(16(20)15(13)19)21-17(23)11-3-5-12(6-4-11)22-9-1-2-10-22/h1-10H,(H,21,23). The van der Waals surface area contributed by atoms with Gasteiger partial charge in [-0.3, -0.25) is 4.79 Å². The van der Waals surface area contributed by atoms with Crippen molar-refractivity contribution in [1.29, 1.82) is 0 Å². The third-order valence-corrected chi connectivity index (χ3v) is 3.32. The van der Waals surface area contributed by atoms with Gasteiger partial charge in [0.1, 0.15) is 0 Å². The van der Waals surface area contributed by atoms with Crippen LogP contribution in [0.4, 0.5) is 18.9 Å². The lowest BCUT2D eigenvalue weighted by atomic mass is 10.2. The number of benzene rings is 2. The topological polar surface area (TPSA) is 34.0 Å². The fourth-order valence-corrected chi connectivity index (χ4v) is 2.11. The third kappa shape index (κ3) is 2.96. The maximum Gasteiger partial charge on any atom is 0.255 e. The van der Waals surface area contributed by atoms with Crippen LogP contribution in [0.5, 0.6) is 0 Å². The number of rotatable bonds is 3. The first-order valence-corrected chi connectivity index (χ1v) is 6.74. The molecule has 23 heavy (non-hydrogen) atoms. The zero-order chi connectivity index (χ0) is 16.4. The zero-order valence-electron chi connectivity index (χ0n) is 11.8. The van der Waals surface area contributed by atoms with E-state index in [1.807, 2.05) is 29.1 Å². The number of nitrogens with zero attached hydrogens (tertiary/aromatic N) is 1. The molecule has 1 heterocycles. The lowest BCUT2D eigenvalue weighted by molar-refractivity contribution is 0.102. The predicted molar refractivity (Wildman–Crippen MR) is 80.0 cm³/mol. The van der Waals surface area contributed by atoms with E-state index in [4.69, 9.17) is 0 Å². The number of anilines is 1. The molecular weight excluding hydrogens is 305 g/mol. The number of nitrogens with one attached hydrogen (secondary N) is 1. The summed E-state index contributed by atoms with van der Waals surface area (Å²) in [6.07, 6.45) is 3.71. The Kier molecular flexibility index (Phi) is 3.89. The van der Waals surface area contributed by atoms with Gasteiger partial charge in [0.05, 0.1) is 5.69 Å². The van der Waals surface area contributed by atoms with E-state index in [1.165, 1.54) is 0 Å². The van der Waals surface area contributed by atoms with Gasteiger partial charge < -0.3 is 9.88 Å². The monoisotopic (exact) mass is 316 g/mol. The van der Waals surface area contributed by atoms with Gasteiger partial charge in [0.25, 0.3) is 5.91 Å². The van der Waals surface area contributed by atoms with E-state index < -0.39 is 29.0 Å². The maximum absolute atomic E-state index is 13.6. The van der Waals surface area contributed by atoms with Gasteiger partial charge in [-0.05, 0) is 48.5 Å². The summed E-state index contributed by atoms with van der Waals surface area (Å²) >= 11 is 0. The molecule has 6 heteroatoms. The summed E-state index contributed by atoms with van der Waals surface area (Å²) in [5, 5.41) is 2.22. The molecule has 1 aromatic heterocycles. The number of carbonyl (C=O) groups excluding carboxylic acids is 1. The highest BCUT2D eigenvalue weighted by Crippen LogP contribution is 2.20. The Labute approximate surface area is 130 Å². The second-order valence-electron chi connectivity index (χ2n) is 4.81. The van der Waals surface area contributed by atoms with Crippen molar-refractivity contribution in [2.45, 2.75) is 0 Å². The summed E-state index contributed by atoms with van der Waals surface area (Å²) in [6, 6.07) is 12.0. The van der Waals surface area contributed by atoms with Crippen molar-refractivity contribution in [2.75, 3.05) is 5.32 Å². The van der Waals surface area contributed by atoms with Crippen LogP contribution in [0.1, 0.15) is 10.4 Å². The van der Waals surface area contributed by atoms with Gasteiger partial charge in [0, 0.05) is 23.6 Å². The molecule has 0 aliphatic carbocycles. The molecule has 2 aromatic carbocycles.